The van der Waals surface area contributed by atoms with Crippen molar-refractivity contribution in [2.45, 2.75) is 219 Å². The van der Waals surface area contributed by atoms with Crippen LogP contribution in [0.4, 0.5) is 34.3 Å². The summed E-state index contributed by atoms with van der Waals surface area (Å²) in [5.41, 5.74) is 19.7. The van der Waals surface area contributed by atoms with E-state index in [1.54, 1.807) is 57.6 Å². The Kier molecular flexibility index (Phi) is 37.7. The molecule has 712 valence electrons. The van der Waals surface area contributed by atoms with Crippen molar-refractivity contribution in [2.24, 2.45) is 23.7 Å². The highest BCUT2D eigenvalue weighted by molar-refractivity contribution is 6.38. The van der Waals surface area contributed by atoms with Gasteiger partial charge < -0.3 is 99.5 Å². The third-order valence-corrected chi connectivity index (χ3v) is 25.4. The number of oxazole rings is 1. The summed E-state index contributed by atoms with van der Waals surface area (Å²) >= 11 is 0. The van der Waals surface area contributed by atoms with Gasteiger partial charge in [-0.15, -0.1) is 0 Å². The van der Waals surface area contributed by atoms with Crippen LogP contribution in [0, 0.1) is 29.1 Å². The number of hydrogen-bond donors (Lipinski definition) is 8. The number of nitrogens with two attached hydrogens (primary N) is 2. The molecule has 5 aliphatic heterocycles. The maximum Gasteiger partial charge on any atom is 0.407 e. The Morgan fingerprint density at radius 2 is 1.43 bits per heavy atom. The van der Waals surface area contributed by atoms with Gasteiger partial charge in [-0.25, -0.2) is 39.5 Å². The van der Waals surface area contributed by atoms with Crippen LogP contribution in [0.25, 0.3) is 11.1 Å². The number of amides is 4. The minimum Gasteiger partial charge on any atom is -0.460 e. The van der Waals surface area contributed by atoms with Crippen LogP contribution in [0.1, 0.15) is 188 Å². The topological polar surface area (TPSA) is 479 Å². The number of aliphatic hydroxyl groups excluding tert-OH is 2. The highest BCUT2D eigenvalue weighted by Crippen LogP contribution is 2.35. The predicted octanol–water partition coefficient (Wildman–Crippen LogP) is 9.22. The number of methoxy groups -OCH3 is 1. The fraction of sp³-hybridized carbons (Fsp3) is 0.562. The van der Waals surface area contributed by atoms with Gasteiger partial charge in [0, 0.05) is 133 Å². The summed E-state index contributed by atoms with van der Waals surface area (Å²) in [7, 11) is 1.63. The van der Waals surface area contributed by atoms with Gasteiger partial charge in [0.05, 0.1) is 107 Å². The number of ether oxygens (including phenoxy) is 8. The van der Waals surface area contributed by atoms with Crippen LogP contribution in [-0.2, 0) is 92.7 Å². The van der Waals surface area contributed by atoms with Gasteiger partial charge in [0.15, 0.2) is 5.58 Å². The maximum absolute atomic E-state index is 14.5. The summed E-state index contributed by atoms with van der Waals surface area (Å²) in [4.78, 5) is 148. The van der Waals surface area contributed by atoms with Gasteiger partial charge in [-0.3, -0.25) is 34.2 Å². The molecule has 3 saturated heterocycles. The zero-order valence-electron chi connectivity index (χ0n) is 76.6. The van der Waals surface area contributed by atoms with Crippen LogP contribution in [0.15, 0.2) is 120 Å². The van der Waals surface area contributed by atoms with Crippen molar-refractivity contribution in [3.05, 3.63) is 154 Å². The summed E-state index contributed by atoms with van der Waals surface area (Å²) in [5, 5.41) is 39.8. The van der Waals surface area contributed by atoms with Gasteiger partial charge in [-0.05, 0) is 162 Å². The van der Waals surface area contributed by atoms with Crippen LogP contribution >= 0.6 is 0 Å². The number of hydrogen-bond acceptors (Lipinski definition) is 32. The molecule has 2 bridgehead atoms. The highest BCUT2D eigenvalue weighted by atomic mass is 16.6. The van der Waals surface area contributed by atoms with Crippen LogP contribution in [0.3, 0.4) is 0 Å². The molecule has 12 rings (SSSR count). The van der Waals surface area contributed by atoms with Crippen LogP contribution in [0.5, 0.6) is 0 Å². The first-order valence-corrected chi connectivity index (χ1v) is 46.3. The van der Waals surface area contributed by atoms with E-state index in [0.717, 1.165) is 22.3 Å². The number of nitrogen functional groups attached to an aromatic ring is 2. The van der Waals surface area contributed by atoms with Gasteiger partial charge in [0.25, 0.3) is 17.8 Å². The van der Waals surface area contributed by atoms with E-state index in [4.69, 9.17) is 59.2 Å². The molecule has 0 spiro atoms. The van der Waals surface area contributed by atoms with Crippen LogP contribution in [0.2, 0.25) is 0 Å². The van der Waals surface area contributed by atoms with Crippen molar-refractivity contribution in [1.29, 1.82) is 5.41 Å². The number of aromatic nitrogens is 7. The Morgan fingerprint density at radius 3 is 2.18 bits per heavy atom. The van der Waals surface area contributed by atoms with Crippen molar-refractivity contribution in [1.82, 2.24) is 55.3 Å². The number of cyclic esters (lactones) is 1. The number of nitrogens with one attached hydrogen (secondary N) is 4. The fourth-order valence-corrected chi connectivity index (χ4v) is 17.6. The number of benzene rings is 2. The van der Waals surface area contributed by atoms with Gasteiger partial charge in [-0.2, -0.15) is 4.98 Å². The summed E-state index contributed by atoms with van der Waals surface area (Å²) in [6, 6.07) is 9.90. The number of Topliss-reactive ketones (excluding diaryl/α,β-unsaturated/α-hetero) is 3. The van der Waals surface area contributed by atoms with E-state index in [9.17, 15) is 48.6 Å². The standard InChI is InChI=1S/C96H129N17O19/c1-60-13-8-7-9-14-61(2)83(124-6)48-74-15-12-17-82(129-74)87(119)91(121)113-31-11-10-16-77(113)92(122)130-75(47-78(115)63(4)44-64(5)80(117)49-79(116)62(3)43-60)26-21-65-19-24-73(25-20-65)131-96(123)106-53-67-51-102-95(103-52-67)112-34-33-111(57-72(112)58-114)94-104-54-71(55-105-94)90(120)100-30-36-126-38-40-128-42-41-127-39-37-125-35-29-84(118)110-32-28-68-45-66(18-22-70(68)56-110)50-101-89-85(88(98)107-59-108-89)86(97)69-23-27-81-76(46-69)109-93(99)132-81/h7-9,13-14,18,22-23,27,44-46,51-52,54-55,59-60,62-63,65,72-75,77,80,82-83,97,114,117H,10-12,15-17,19-21,24-26,28-43,47-50,53,56-58H2,1-6H3,(H2,99,109)(H,100,120)(H,106,123)(H3,98,101,107,108)/b9-7?,13-8+,61-14?,64-44+,97-86?/t60-,62-,63-,65?,72?,73?,74?,75-,77+,80+,82?,83+/m1/s1. The predicted molar refractivity (Wildman–Crippen MR) is 492 cm³/mol. The minimum atomic E-state index is -1.10. The Hall–Kier alpha value is -11.4. The normalized spacial score (nSPS) is 24.3. The molecule has 36 heteroatoms. The molecular formula is C96H129N17O19. The number of piperidine rings is 1. The van der Waals surface area contributed by atoms with Gasteiger partial charge in [0.2, 0.25) is 23.6 Å². The van der Waals surface area contributed by atoms with E-state index in [1.807, 2.05) is 78.0 Å². The Morgan fingerprint density at radius 1 is 0.689 bits per heavy atom. The number of carbonyl (C=O) groups excluding carboxylic acids is 8. The number of esters is 1. The lowest BCUT2D eigenvalue weighted by molar-refractivity contribution is -0.167. The quantitative estimate of drug-likeness (QED) is 0.00660. The molecule has 0 radical (unpaired) electrons. The molecule has 6 aromatic rings. The van der Waals surface area contributed by atoms with Crippen molar-refractivity contribution in [3.63, 3.8) is 0 Å². The molecule has 4 aromatic heterocycles. The van der Waals surface area contributed by atoms with E-state index >= 15 is 0 Å². The number of ketones is 3. The number of nitrogens with zero attached hydrogens (tertiary/aromatic N) is 11. The summed E-state index contributed by atoms with van der Waals surface area (Å²) in [6.45, 7) is 14.9. The first kappa shape index (κ1) is 99.6. The monoisotopic (exact) mass is 1820 g/mol. The maximum atomic E-state index is 14.5. The molecule has 36 nitrogen and oxygen atoms in total. The summed E-state index contributed by atoms with van der Waals surface area (Å²) in [5.74, 6) is -2.28. The zero-order valence-corrected chi connectivity index (χ0v) is 76.6. The van der Waals surface area contributed by atoms with Gasteiger partial charge in [-0.1, -0.05) is 75.4 Å². The lowest BCUT2D eigenvalue weighted by Gasteiger charge is -2.40. The fourth-order valence-electron chi connectivity index (χ4n) is 17.6. The van der Waals surface area contributed by atoms with Gasteiger partial charge >= 0.3 is 12.1 Å². The third kappa shape index (κ3) is 28.8. The molecule has 1 aliphatic carbocycles. The molecule has 10 N–H and O–H groups in total. The lowest BCUT2D eigenvalue weighted by atomic mass is 9.83. The van der Waals surface area contributed by atoms with E-state index in [2.05, 4.69) is 56.9 Å². The SMILES string of the molecule is CO[C@H]1CC2CCCC(O2)C(=O)C(=O)N2CCCC[C@H]2C(=O)O[C@H](CCC2CCC(OC(=O)NCc3cnc(N4CCN(c5ncc(C(=O)NCCOCCOCCOCCOCCC(=O)N6CCc7cc(CNc8ncnc(N)c8C(=N)c8ccc9oc(N)nc9c8)ccc7C6)cn5)CC4CO)nc3)CC2)CC(=O)[C@H](C)/C=C(\C)[C@@H](O)CC(=O)[C@H](C)C[C@H](C)/C=C/C=CC=C1C. The Balaban J connectivity index is 0.503. The number of anilines is 5. The number of rotatable bonds is 31. The molecule has 1 saturated carbocycles. The Labute approximate surface area is 770 Å². The van der Waals surface area contributed by atoms with Crippen molar-refractivity contribution >= 4 is 93.5 Å². The molecule has 6 aliphatic rings. The molecule has 10 atom stereocenters. The number of aliphatic hydroxyl groups is 2. The minimum absolute atomic E-state index is 0.0171. The van der Waals surface area contributed by atoms with Crippen LogP contribution in [-0.4, -0.2) is 262 Å². The van der Waals surface area contributed by atoms with E-state index in [0.29, 0.717) is 220 Å². The van der Waals surface area contributed by atoms with Crippen molar-refractivity contribution < 1.29 is 90.9 Å². The molecule has 9 heterocycles. The summed E-state index contributed by atoms with van der Waals surface area (Å²) in [6.07, 6.45) is 22.8. The molecule has 3 unspecified atom stereocenters. The molecule has 4 amide bonds. The summed E-state index contributed by atoms with van der Waals surface area (Å²) < 4.78 is 52.4. The number of fused-ring (bicyclic) bond motifs is 5. The third-order valence-electron chi connectivity index (χ3n) is 25.4. The molecular weight excluding hydrogens is 1700 g/mol. The average molecular weight is 1830 g/mol. The number of allylic oxidation sites excluding steroid dienone is 6. The van der Waals surface area contributed by atoms with E-state index in [-0.39, 0.29) is 148 Å². The molecule has 132 heavy (non-hydrogen) atoms. The first-order valence-electron chi connectivity index (χ1n) is 46.3. The number of carbonyl (C=O) groups is 8. The van der Waals surface area contributed by atoms with Crippen LogP contribution < -0.4 is 37.2 Å². The van der Waals surface area contributed by atoms with Crippen molar-refractivity contribution in [2.75, 3.05) is 132 Å². The van der Waals surface area contributed by atoms with Gasteiger partial charge in [0.1, 0.15) is 59.4 Å². The second-order valence-electron chi connectivity index (χ2n) is 35.1. The molecule has 2 aromatic carbocycles. The second-order valence-corrected chi connectivity index (χ2v) is 35.1. The smallest absolute Gasteiger partial charge is 0.407 e. The van der Waals surface area contributed by atoms with E-state index in [1.165, 1.54) is 23.6 Å². The number of alkyl carbamates (subject to hydrolysis) is 1. The second kappa shape index (κ2) is 49.9. The lowest BCUT2D eigenvalue weighted by Crippen LogP contribution is -2.56. The number of piperazine rings is 1. The molecule has 4 fully saturated rings. The largest absolute Gasteiger partial charge is 0.460 e. The highest BCUT2D eigenvalue weighted by Gasteiger charge is 2.42. The first-order chi connectivity index (χ1) is 63.8. The average Bonchev–Trinajstić information content (AvgIpc) is 1.82. The Bertz CT molecular complexity index is 5020. The zero-order chi connectivity index (χ0) is 93.6. The van der Waals surface area contributed by atoms with Crippen molar-refractivity contribution in [3.8, 4) is 0 Å². The van der Waals surface area contributed by atoms with E-state index < -0.39 is 60.1 Å².